The first-order valence-electron chi connectivity index (χ1n) is 4.89. The van der Waals surface area contributed by atoms with Crippen molar-refractivity contribution in [1.82, 2.24) is 0 Å². The highest BCUT2D eigenvalue weighted by Crippen LogP contribution is 2.49. The van der Waals surface area contributed by atoms with Crippen LogP contribution in [-0.4, -0.2) is 17.3 Å². The van der Waals surface area contributed by atoms with Crippen molar-refractivity contribution in [2.24, 2.45) is 0 Å². The van der Waals surface area contributed by atoms with Gasteiger partial charge in [0, 0.05) is 10.4 Å². The number of thioether (sulfide) groups is 1. The van der Waals surface area contributed by atoms with E-state index in [0.29, 0.717) is 5.16 Å². The first-order chi connectivity index (χ1) is 6.50. The van der Waals surface area contributed by atoms with Crippen LogP contribution < -0.4 is 0 Å². The highest BCUT2D eigenvalue weighted by molar-refractivity contribution is 8.05. The standard InChI is InChI=1S/C12H19PS/c1-12(2,3)13(4)10-14-11-8-6-5-7-9-11/h5-9H,10H2,1-4H3. The summed E-state index contributed by atoms with van der Waals surface area (Å²) in [5, 5.41) is 0.483. The molecule has 1 aromatic rings. The third-order valence-electron chi connectivity index (χ3n) is 2.31. The zero-order valence-electron chi connectivity index (χ0n) is 9.45. The van der Waals surface area contributed by atoms with Gasteiger partial charge in [-0.15, -0.1) is 11.8 Å². The Morgan fingerprint density at radius 3 is 2.21 bits per heavy atom. The van der Waals surface area contributed by atoms with Gasteiger partial charge >= 0.3 is 0 Å². The molecule has 0 aliphatic carbocycles. The second-order valence-electron chi connectivity index (χ2n) is 4.46. The summed E-state index contributed by atoms with van der Waals surface area (Å²) in [5.74, 6) is 0. The van der Waals surface area contributed by atoms with E-state index in [9.17, 15) is 0 Å². The van der Waals surface area contributed by atoms with E-state index in [0.717, 1.165) is 0 Å². The SMILES string of the molecule is CP(CSc1ccccc1)C(C)(C)C. The second kappa shape index (κ2) is 5.19. The summed E-state index contributed by atoms with van der Waals surface area (Å²) in [6.45, 7) is 9.41. The molecule has 0 aromatic heterocycles. The van der Waals surface area contributed by atoms with Crippen molar-refractivity contribution in [2.45, 2.75) is 30.8 Å². The monoisotopic (exact) mass is 226 g/mol. The first kappa shape index (κ1) is 12.1. The molecule has 0 fully saturated rings. The van der Waals surface area contributed by atoms with E-state index in [4.69, 9.17) is 0 Å². The Kier molecular flexibility index (Phi) is 4.47. The van der Waals surface area contributed by atoms with Crippen LogP contribution in [0.5, 0.6) is 0 Å². The molecule has 14 heavy (non-hydrogen) atoms. The minimum atomic E-state index is 0.118. The number of hydrogen-bond donors (Lipinski definition) is 0. The molecule has 0 aliphatic rings. The van der Waals surface area contributed by atoms with Crippen LogP contribution in [0, 0.1) is 0 Å². The summed E-state index contributed by atoms with van der Waals surface area (Å²) in [5.41, 5.74) is 1.27. The number of hydrogen-bond acceptors (Lipinski definition) is 1. The third kappa shape index (κ3) is 4.02. The van der Waals surface area contributed by atoms with Crippen LogP contribution in [0.3, 0.4) is 0 Å². The fourth-order valence-electron chi connectivity index (χ4n) is 0.882. The molecule has 0 saturated heterocycles. The van der Waals surface area contributed by atoms with E-state index in [1.165, 1.54) is 10.4 Å². The lowest BCUT2D eigenvalue weighted by Crippen LogP contribution is -2.11. The molecule has 2 heteroatoms. The smallest absolute Gasteiger partial charge is 0.0186 e. The van der Waals surface area contributed by atoms with Gasteiger partial charge in [-0.2, -0.15) is 0 Å². The van der Waals surface area contributed by atoms with Crippen LogP contribution >= 0.6 is 19.7 Å². The molecule has 0 amide bonds. The molecule has 1 aromatic carbocycles. The van der Waals surface area contributed by atoms with E-state index >= 15 is 0 Å². The average Bonchev–Trinajstić information content (AvgIpc) is 2.14. The number of benzene rings is 1. The fourth-order valence-corrected chi connectivity index (χ4v) is 4.15. The Bertz CT molecular complexity index is 263. The highest BCUT2D eigenvalue weighted by Gasteiger charge is 2.18. The van der Waals surface area contributed by atoms with E-state index in [2.05, 4.69) is 57.8 Å². The van der Waals surface area contributed by atoms with Gasteiger partial charge in [-0.1, -0.05) is 46.9 Å². The first-order valence-corrected chi connectivity index (χ1v) is 7.85. The summed E-state index contributed by atoms with van der Waals surface area (Å²) in [6.07, 6.45) is 0. The molecule has 0 spiro atoms. The van der Waals surface area contributed by atoms with Crippen molar-refractivity contribution in [2.75, 3.05) is 12.2 Å². The summed E-state index contributed by atoms with van der Waals surface area (Å²) in [7, 11) is 0.118. The molecule has 1 unspecified atom stereocenters. The van der Waals surface area contributed by atoms with Crippen LogP contribution in [0.25, 0.3) is 0 Å². The van der Waals surface area contributed by atoms with E-state index < -0.39 is 0 Å². The van der Waals surface area contributed by atoms with Gasteiger partial charge in [0.25, 0.3) is 0 Å². The van der Waals surface area contributed by atoms with Crippen molar-refractivity contribution in [1.29, 1.82) is 0 Å². The van der Waals surface area contributed by atoms with Crippen molar-refractivity contribution in [3.8, 4) is 0 Å². The van der Waals surface area contributed by atoms with Gasteiger partial charge in [0.15, 0.2) is 0 Å². The van der Waals surface area contributed by atoms with Gasteiger partial charge in [0.2, 0.25) is 0 Å². The van der Waals surface area contributed by atoms with Crippen molar-refractivity contribution in [3.63, 3.8) is 0 Å². The van der Waals surface area contributed by atoms with Gasteiger partial charge in [-0.05, 0) is 24.0 Å². The van der Waals surface area contributed by atoms with E-state index in [1.807, 2.05) is 11.8 Å². The van der Waals surface area contributed by atoms with Crippen LogP contribution in [0.2, 0.25) is 0 Å². The van der Waals surface area contributed by atoms with E-state index in [1.54, 1.807) is 0 Å². The van der Waals surface area contributed by atoms with E-state index in [-0.39, 0.29) is 7.92 Å². The molecule has 0 saturated carbocycles. The maximum atomic E-state index is 2.39. The largest absolute Gasteiger partial charge is 0.121 e. The Labute approximate surface area is 93.2 Å². The van der Waals surface area contributed by atoms with Crippen LogP contribution in [0.15, 0.2) is 35.2 Å². The Morgan fingerprint density at radius 1 is 1.14 bits per heavy atom. The molecule has 0 radical (unpaired) electrons. The molecule has 0 bridgehead atoms. The summed E-state index contributed by atoms with van der Waals surface area (Å²) in [6, 6.07) is 10.7. The van der Waals surface area contributed by atoms with Crippen molar-refractivity contribution < 1.29 is 0 Å². The zero-order chi connectivity index (χ0) is 10.6. The lowest BCUT2D eigenvalue weighted by molar-refractivity contribution is 0.787. The summed E-state index contributed by atoms with van der Waals surface area (Å²) >= 11 is 1.98. The van der Waals surface area contributed by atoms with Crippen LogP contribution in [-0.2, 0) is 0 Å². The minimum Gasteiger partial charge on any atom is -0.121 e. The van der Waals surface area contributed by atoms with Gasteiger partial charge in [-0.3, -0.25) is 0 Å². The van der Waals surface area contributed by atoms with Gasteiger partial charge < -0.3 is 0 Å². The van der Waals surface area contributed by atoms with Crippen LogP contribution in [0.4, 0.5) is 0 Å². The summed E-state index contributed by atoms with van der Waals surface area (Å²) in [4.78, 5) is 1.39. The molecule has 0 nitrogen and oxygen atoms in total. The zero-order valence-corrected chi connectivity index (χ0v) is 11.2. The van der Waals surface area contributed by atoms with Crippen molar-refractivity contribution >= 4 is 19.7 Å². The Hall–Kier alpha value is 0. The molecule has 1 atom stereocenters. The van der Waals surface area contributed by atoms with Gasteiger partial charge in [-0.25, -0.2) is 0 Å². The lowest BCUT2D eigenvalue weighted by Gasteiger charge is -2.27. The molecule has 0 N–H and O–H groups in total. The number of rotatable bonds is 3. The normalized spacial score (nSPS) is 14.0. The highest BCUT2D eigenvalue weighted by atomic mass is 32.2. The molecule has 78 valence electrons. The predicted octanol–water partition coefficient (Wildman–Crippen LogP) is 4.65. The second-order valence-corrected chi connectivity index (χ2v) is 8.99. The predicted molar refractivity (Wildman–Crippen MR) is 69.8 cm³/mol. The van der Waals surface area contributed by atoms with Gasteiger partial charge in [0.05, 0.1) is 0 Å². The Morgan fingerprint density at radius 2 is 1.71 bits per heavy atom. The maximum absolute atomic E-state index is 2.39. The molecular weight excluding hydrogens is 207 g/mol. The quantitative estimate of drug-likeness (QED) is 0.534. The van der Waals surface area contributed by atoms with Gasteiger partial charge in [0.1, 0.15) is 0 Å². The lowest BCUT2D eigenvalue weighted by atomic mass is 10.3. The topological polar surface area (TPSA) is 0 Å². The molecule has 0 aliphatic heterocycles. The fraction of sp³-hybridized carbons (Fsp3) is 0.500. The third-order valence-corrected chi connectivity index (χ3v) is 7.27. The Balaban J connectivity index is 2.42. The van der Waals surface area contributed by atoms with Crippen LogP contribution in [0.1, 0.15) is 20.8 Å². The van der Waals surface area contributed by atoms with Crippen molar-refractivity contribution in [3.05, 3.63) is 30.3 Å². The minimum absolute atomic E-state index is 0.118. The molecular formula is C12H19PS. The molecule has 0 heterocycles. The average molecular weight is 226 g/mol. The summed E-state index contributed by atoms with van der Waals surface area (Å²) < 4.78 is 0. The maximum Gasteiger partial charge on any atom is 0.0186 e. The molecule has 1 rings (SSSR count).